The molecule has 0 saturated carbocycles. The quantitative estimate of drug-likeness (QED) is 0.610. The molecular formula is C11H15NO4. The molecule has 5 heteroatoms. The normalized spacial score (nSPS) is 12.4. The minimum atomic E-state index is -0.972. The Kier molecular flexibility index (Phi) is 3.73. The smallest absolute Gasteiger partial charge is 0.304 e. The van der Waals surface area contributed by atoms with E-state index in [0.717, 1.165) is 0 Å². The third-order valence-corrected chi connectivity index (χ3v) is 2.58. The van der Waals surface area contributed by atoms with Crippen molar-refractivity contribution < 1.29 is 20.1 Å². The lowest BCUT2D eigenvalue weighted by Gasteiger charge is -2.16. The largest absolute Gasteiger partial charge is 0.508 e. The van der Waals surface area contributed by atoms with Gasteiger partial charge in [-0.1, -0.05) is 6.07 Å². The molecule has 0 aliphatic rings. The predicted molar refractivity (Wildman–Crippen MR) is 58.6 cm³/mol. The van der Waals surface area contributed by atoms with Gasteiger partial charge in [0, 0.05) is 11.5 Å². The van der Waals surface area contributed by atoms with Gasteiger partial charge < -0.3 is 21.1 Å². The van der Waals surface area contributed by atoms with Crippen molar-refractivity contribution in [3.05, 3.63) is 23.3 Å². The number of carboxylic acid groups (broad SMARTS) is 1. The lowest BCUT2D eigenvalue weighted by atomic mass is 9.93. The van der Waals surface area contributed by atoms with Gasteiger partial charge in [-0.3, -0.25) is 4.79 Å². The molecule has 0 heterocycles. The van der Waals surface area contributed by atoms with Crippen LogP contribution in [-0.2, 0) is 4.79 Å². The Hall–Kier alpha value is -1.75. The molecule has 16 heavy (non-hydrogen) atoms. The van der Waals surface area contributed by atoms with Gasteiger partial charge in [0.1, 0.15) is 11.5 Å². The number of carboxylic acids is 1. The predicted octanol–water partition coefficient (Wildman–Crippen LogP) is 0.923. The first-order valence-corrected chi connectivity index (χ1v) is 4.90. The number of carbonyl (C=O) groups is 1. The number of aromatic hydroxyl groups is 2. The van der Waals surface area contributed by atoms with Crippen molar-refractivity contribution in [2.24, 2.45) is 5.73 Å². The number of aliphatic carboxylic acids is 1. The molecule has 0 radical (unpaired) electrons. The van der Waals surface area contributed by atoms with Gasteiger partial charge in [-0.15, -0.1) is 0 Å². The van der Waals surface area contributed by atoms with Gasteiger partial charge in [-0.25, -0.2) is 0 Å². The highest BCUT2D eigenvalue weighted by atomic mass is 16.4. The van der Waals surface area contributed by atoms with Crippen LogP contribution in [0.2, 0.25) is 0 Å². The highest BCUT2D eigenvalue weighted by Gasteiger charge is 2.19. The Morgan fingerprint density at radius 1 is 1.44 bits per heavy atom. The van der Waals surface area contributed by atoms with E-state index in [2.05, 4.69) is 0 Å². The molecule has 0 aromatic heterocycles. The molecule has 0 amide bonds. The Morgan fingerprint density at radius 2 is 2.06 bits per heavy atom. The number of benzene rings is 1. The summed E-state index contributed by atoms with van der Waals surface area (Å²) in [5.41, 5.74) is 6.27. The van der Waals surface area contributed by atoms with Gasteiger partial charge in [-0.2, -0.15) is 0 Å². The first-order valence-electron chi connectivity index (χ1n) is 4.90. The minimum absolute atomic E-state index is 0.0210. The molecule has 0 spiro atoms. The molecule has 1 aromatic carbocycles. The molecular weight excluding hydrogens is 210 g/mol. The minimum Gasteiger partial charge on any atom is -0.508 e. The van der Waals surface area contributed by atoms with E-state index in [1.165, 1.54) is 12.1 Å². The van der Waals surface area contributed by atoms with E-state index in [1.54, 1.807) is 6.92 Å². The zero-order valence-corrected chi connectivity index (χ0v) is 8.97. The molecule has 1 aromatic rings. The summed E-state index contributed by atoms with van der Waals surface area (Å²) in [5.74, 6) is -1.53. The third-order valence-electron chi connectivity index (χ3n) is 2.58. The Balaban J connectivity index is 3.11. The van der Waals surface area contributed by atoms with Gasteiger partial charge in [0.25, 0.3) is 0 Å². The summed E-state index contributed by atoms with van der Waals surface area (Å²) < 4.78 is 0. The molecule has 88 valence electrons. The molecule has 1 rings (SSSR count). The fourth-order valence-electron chi connectivity index (χ4n) is 1.57. The number of phenols is 2. The van der Waals surface area contributed by atoms with Gasteiger partial charge in [0.2, 0.25) is 0 Å². The van der Waals surface area contributed by atoms with Crippen LogP contribution in [0.1, 0.15) is 23.5 Å². The second-order valence-corrected chi connectivity index (χ2v) is 3.68. The molecule has 0 fully saturated rings. The number of nitrogens with two attached hydrogens (primary N) is 1. The van der Waals surface area contributed by atoms with Gasteiger partial charge in [0.15, 0.2) is 0 Å². The maximum Gasteiger partial charge on any atom is 0.304 e. The van der Waals surface area contributed by atoms with Crippen LogP contribution in [-0.4, -0.2) is 27.8 Å². The molecule has 0 aliphatic carbocycles. The molecule has 0 bridgehead atoms. The number of hydrogen-bond donors (Lipinski definition) is 4. The van der Waals surface area contributed by atoms with Crippen molar-refractivity contribution in [3.8, 4) is 11.5 Å². The first-order chi connectivity index (χ1) is 7.47. The van der Waals surface area contributed by atoms with Gasteiger partial charge in [-0.05, 0) is 25.1 Å². The highest BCUT2D eigenvalue weighted by molar-refractivity contribution is 5.68. The van der Waals surface area contributed by atoms with E-state index in [-0.39, 0.29) is 24.5 Å². The van der Waals surface area contributed by atoms with E-state index < -0.39 is 11.9 Å². The summed E-state index contributed by atoms with van der Waals surface area (Å²) in [7, 11) is 0. The van der Waals surface area contributed by atoms with Gasteiger partial charge in [0.05, 0.1) is 6.42 Å². The Labute approximate surface area is 93.1 Å². The monoisotopic (exact) mass is 225 g/mol. The number of hydrogen-bond acceptors (Lipinski definition) is 4. The molecule has 0 aliphatic heterocycles. The second kappa shape index (κ2) is 4.85. The molecule has 5 N–H and O–H groups in total. The molecule has 1 unspecified atom stereocenters. The summed E-state index contributed by atoms with van der Waals surface area (Å²) in [4.78, 5) is 10.6. The summed E-state index contributed by atoms with van der Waals surface area (Å²) in [6.07, 6.45) is -0.145. The van der Waals surface area contributed by atoms with E-state index >= 15 is 0 Å². The SMILES string of the molecule is Cc1c(O)ccc(C(CN)CC(=O)O)c1O. The standard InChI is InChI=1S/C11H15NO4/c1-6-9(13)3-2-8(11(6)16)7(5-12)4-10(14)15/h2-3,7,13,16H,4-5,12H2,1H3,(H,14,15). The summed E-state index contributed by atoms with van der Waals surface area (Å²) in [6.45, 7) is 1.69. The zero-order chi connectivity index (χ0) is 12.3. The maximum absolute atomic E-state index is 10.6. The van der Waals surface area contributed by atoms with E-state index in [9.17, 15) is 15.0 Å². The average molecular weight is 225 g/mol. The van der Waals surface area contributed by atoms with Crippen molar-refractivity contribution in [2.75, 3.05) is 6.54 Å². The Morgan fingerprint density at radius 3 is 2.56 bits per heavy atom. The summed E-state index contributed by atoms with van der Waals surface area (Å²) in [6, 6.07) is 2.92. The van der Waals surface area contributed by atoms with Crippen LogP contribution < -0.4 is 5.73 Å². The van der Waals surface area contributed by atoms with Crippen LogP contribution >= 0.6 is 0 Å². The first kappa shape index (κ1) is 12.3. The fraction of sp³-hybridized carbons (Fsp3) is 0.364. The number of rotatable bonds is 4. The van der Waals surface area contributed by atoms with Crippen LogP contribution in [0, 0.1) is 6.92 Å². The van der Waals surface area contributed by atoms with Crippen molar-refractivity contribution in [2.45, 2.75) is 19.3 Å². The van der Waals surface area contributed by atoms with Crippen LogP contribution in [0.25, 0.3) is 0 Å². The Bertz CT molecular complexity index is 403. The summed E-state index contributed by atoms with van der Waals surface area (Å²) in [5, 5.41) is 27.8. The van der Waals surface area contributed by atoms with Crippen molar-refractivity contribution >= 4 is 5.97 Å². The van der Waals surface area contributed by atoms with Crippen LogP contribution in [0.5, 0.6) is 11.5 Å². The van der Waals surface area contributed by atoms with Crippen LogP contribution in [0.4, 0.5) is 0 Å². The van der Waals surface area contributed by atoms with Gasteiger partial charge >= 0.3 is 5.97 Å². The fourth-order valence-corrected chi connectivity index (χ4v) is 1.57. The average Bonchev–Trinajstić information content (AvgIpc) is 2.23. The lowest BCUT2D eigenvalue weighted by molar-refractivity contribution is -0.137. The van der Waals surface area contributed by atoms with E-state index in [0.29, 0.717) is 11.1 Å². The van der Waals surface area contributed by atoms with Crippen molar-refractivity contribution in [1.29, 1.82) is 0 Å². The molecule has 0 saturated heterocycles. The van der Waals surface area contributed by atoms with Crippen molar-refractivity contribution in [1.82, 2.24) is 0 Å². The molecule has 1 atom stereocenters. The van der Waals surface area contributed by atoms with Crippen LogP contribution in [0.3, 0.4) is 0 Å². The van der Waals surface area contributed by atoms with E-state index in [1.807, 2.05) is 0 Å². The van der Waals surface area contributed by atoms with Crippen molar-refractivity contribution in [3.63, 3.8) is 0 Å². The summed E-state index contributed by atoms with van der Waals surface area (Å²) >= 11 is 0. The molecule has 5 nitrogen and oxygen atoms in total. The third kappa shape index (κ3) is 2.43. The zero-order valence-electron chi connectivity index (χ0n) is 8.97. The second-order valence-electron chi connectivity index (χ2n) is 3.68. The number of phenolic OH excluding ortho intramolecular Hbond substituents is 2. The topological polar surface area (TPSA) is 104 Å². The van der Waals surface area contributed by atoms with Crippen LogP contribution in [0.15, 0.2) is 12.1 Å². The highest BCUT2D eigenvalue weighted by Crippen LogP contribution is 2.34. The maximum atomic E-state index is 10.6. The lowest BCUT2D eigenvalue weighted by Crippen LogP contribution is -2.16. The van der Waals surface area contributed by atoms with E-state index in [4.69, 9.17) is 10.8 Å².